The molecule has 0 saturated carbocycles. The van der Waals surface area contributed by atoms with Gasteiger partial charge in [0.1, 0.15) is 11.4 Å². The van der Waals surface area contributed by atoms with Crippen LogP contribution in [0.15, 0.2) is 48.5 Å². The summed E-state index contributed by atoms with van der Waals surface area (Å²) in [7, 11) is 1.37. The maximum atomic E-state index is 11.8. The van der Waals surface area contributed by atoms with Gasteiger partial charge < -0.3 is 19.8 Å². The molecule has 25 heavy (non-hydrogen) atoms. The van der Waals surface area contributed by atoms with Crippen molar-refractivity contribution in [3.63, 3.8) is 0 Å². The first-order valence-electron chi connectivity index (χ1n) is 8.26. The van der Waals surface area contributed by atoms with Gasteiger partial charge in [-0.1, -0.05) is 30.3 Å². The molecule has 2 N–H and O–H groups in total. The van der Waals surface area contributed by atoms with Gasteiger partial charge in [-0.25, -0.2) is 4.79 Å². The second-order valence-electron chi connectivity index (χ2n) is 6.11. The van der Waals surface area contributed by atoms with Crippen LogP contribution in [-0.2, 0) is 11.3 Å². The maximum absolute atomic E-state index is 11.8. The lowest BCUT2D eigenvalue weighted by Crippen LogP contribution is -2.06. The summed E-state index contributed by atoms with van der Waals surface area (Å²) >= 11 is 0. The van der Waals surface area contributed by atoms with E-state index in [2.05, 4.69) is 22.4 Å². The van der Waals surface area contributed by atoms with Gasteiger partial charge >= 0.3 is 5.97 Å². The van der Waals surface area contributed by atoms with E-state index in [0.29, 0.717) is 12.2 Å². The lowest BCUT2D eigenvalue weighted by Gasteiger charge is -2.13. The highest BCUT2D eigenvalue weighted by molar-refractivity contribution is 6.00. The maximum Gasteiger partial charge on any atom is 0.354 e. The van der Waals surface area contributed by atoms with E-state index in [9.17, 15) is 4.79 Å². The summed E-state index contributed by atoms with van der Waals surface area (Å²) in [6.45, 7) is 4.64. The lowest BCUT2D eigenvalue weighted by atomic mass is 10.1. The Morgan fingerprint density at radius 1 is 1.16 bits per heavy atom. The predicted molar refractivity (Wildman–Crippen MR) is 99.2 cm³/mol. The predicted octanol–water partition coefficient (Wildman–Crippen LogP) is 4.35. The number of H-pyrrole nitrogens is 1. The molecule has 0 bridgehead atoms. The molecule has 0 atom stereocenters. The van der Waals surface area contributed by atoms with E-state index >= 15 is 0 Å². The number of anilines is 1. The molecular formula is C20H22N2O3. The Kier molecular flexibility index (Phi) is 4.93. The quantitative estimate of drug-likeness (QED) is 0.656. The van der Waals surface area contributed by atoms with E-state index in [-0.39, 0.29) is 6.10 Å². The number of hydrogen-bond donors (Lipinski definition) is 2. The van der Waals surface area contributed by atoms with Crippen LogP contribution in [0, 0.1) is 0 Å². The molecule has 0 radical (unpaired) electrons. The van der Waals surface area contributed by atoms with Gasteiger partial charge in [0, 0.05) is 29.8 Å². The molecule has 0 spiro atoms. The van der Waals surface area contributed by atoms with E-state index in [0.717, 1.165) is 22.3 Å². The molecule has 3 aromatic rings. The van der Waals surface area contributed by atoms with Crippen molar-refractivity contribution in [1.82, 2.24) is 4.98 Å². The number of aromatic nitrogens is 1. The Morgan fingerprint density at radius 3 is 2.60 bits per heavy atom. The summed E-state index contributed by atoms with van der Waals surface area (Å²) < 4.78 is 10.6. The van der Waals surface area contributed by atoms with Crippen LogP contribution in [0.25, 0.3) is 10.9 Å². The number of rotatable bonds is 6. The van der Waals surface area contributed by atoms with Crippen LogP contribution < -0.4 is 10.1 Å². The van der Waals surface area contributed by atoms with Gasteiger partial charge in [0.25, 0.3) is 0 Å². The third-order valence-corrected chi connectivity index (χ3v) is 3.81. The van der Waals surface area contributed by atoms with Gasteiger partial charge in [0.15, 0.2) is 0 Å². The third kappa shape index (κ3) is 3.94. The Morgan fingerprint density at radius 2 is 1.92 bits per heavy atom. The standard InChI is InChI=1S/C20H22N2O3/c1-13(2)25-15-9-17(21-12-14-7-5-4-6-8-14)16-11-19(20(23)24-3)22-18(16)10-15/h4-11,13,21-22H,12H2,1-3H3. The number of fused-ring (bicyclic) bond motifs is 1. The van der Waals surface area contributed by atoms with Gasteiger partial charge in [0.2, 0.25) is 0 Å². The number of hydrogen-bond acceptors (Lipinski definition) is 4. The van der Waals surface area contributed by atoms with Crippen molar-refractivity contribution in [2.75, 3.05) is 12.4 Å². The molecule has 130 valence electrons. The first-order chi connectivity index (χ1) is 12.1. The molecule has 1 heterocycles. The number of ether oxygens (including phenoxy) is 2. The van der Waals surface area contributed by atoms with Crippen LogP contribution in [-0.4, -0.2) is 24.2 Å². The van der Waals surface area contributed by atoms with Gasteiger partial charge in [-0.15, -0.1) is 0 Å². The molecule has 0 saturated heterocycles. The smallest absolute Gasteiger partial charge is 0.354 e. The second-order valence-corrected chi connectivity index (χ2v) is 6.11. The Bertz CT molecular complexity index is 869. The van der Waals surface area contributed by atoms with Crippen molar-refractivity contribution in [3.05, 3.63) is 59.8 Å². The Labute approximate surface area is 147 Å². The van der Waals surface area contributed by atoms with E-state index in [1.54, 1.807) is 6.07 Å². The third-order valence-electron chi connectivity index (χ3n) is 3.81. The average Bonchev–Trinajstić information content (AvgIpc) is 3.03. The fourth-order valence-electron chi connectivity index (χ4n) is 2.71. The summed E-state index contributed by atoms with van der Waals surface area (Å²) in [4.78, 5) is 14.9. The fraction of sp³-hybridized carbons (Fsp3) is 0.250. The lowest BCUT2D eigenvalue weighted by molar-refractivity contribution is 0.0595. The minimum Gasteiger partial charge on any atom is -0.491 e. The van der Waals surface area contributed by atoms with Crippen LogP contribution in [0.5, 0.6) is 5.75 Å². The van der Waals surface area contributed by atoms with Crippen molar-refractivity contribution in [1.29, 1.82) is 0 Å². The molecule has 0 unspecified atom stereocenters. The van der Waals surface area contributed by atoms with E-state index in [1.165, 1.54) is 12.7 Å². The van der Waals surface area contributed by atoms with Gasteiger partial charge in [-0.2, -0.15) is 0 Å². The zero-order chi connectivity index (χ0) is 17.8. The minimum atomic E-state index is -0.392. The van der Waals surface area contributed by atoms with Gasteiger partial charge in [-0.3, -0.25) is 0 Å². The number of aromatic amines is 1. The largest absolute Gasteiger partial charge is 0.491 e. The number of carbonyl (C=O) groups is 1. The zero-order valence-corrected chi connectivity index (χ0v) is 14.6. The van der Waals surface area contributed by atoms with Gasteiger partial charge in [-0.05, 0) is 25.5 Å². The van der Waals surface area contributed by atoms with Crippen molar-refractivity contribution in [2.24, 2.45) is 0 Å². The summed E-state index contributed by atoms with van der Waals surface area (Å²) in [5.41, 5.74) is 3.33. The second kappa shape index (κ2) is 7.30. The SMILES string of the molecule is COC(=O)c1cc2c(NCc3ccccc3)cc(OC(C)C)cc2[nH]1. The van der Waals surface area contributed by atoms with Crippen molar-refractivity contribution >= 4 is 22.6 Å². The van der Waals surface area contributed by atoms with Crippen molar-refractivity contribution in [3.8, 4) is 5.75 Å². The van der Waals surface area contributed by atoms with E-state index in [1.807, 2.05) is 44.2 Å². The zero-order valence-electron chi connectivity index (χ0n) is 14.6. The van der Waals surface area contributed by atoms with Crippen molar-refractivity contribution in [2.45, 2.75) is 26.5 Å². The number of nitrogens with one attached hydrogen (secondary N) is 2. The monoisotopic (exact) mass is 338 g/mol. The molecule has 5 nitrogen and oxygen atoms in total. The van der Waals surface area contributed by atoms with E-state index in [4.69, 9.17) is 9.47 Å². The van der Waals surface area contributed by atoms with E-state index < -0.39 is 5.97 Å². The summed E-state index contributed by atoms with van der Waals surface area (Å²) in [5, 5.41) is 4.36. The van der Waals surface area contributed by atoms with Crippen LogP contribution in [0.3, 0.4) is 0 Å². The molecule has 0 amide bonds. The average molecular weight is 338 g/mol. The normalized spacial score (nSPS) is 10.9. The van der Waals surface area contributed by atoms with Crippen LogP contribution in [0.1, 0.15) is 29.9 Å². The Hall–Kier alpha value is -2.95. The summed E-state index contributed by atoms with van der Waals surface area (Å²) in [6, 6.07) is 15.8. The number of benzene rings is 2. The molecule has 2 aromatic carbocycles. The molecule has 3 rings (SSSR count). The summed E-state index contributed by atoms with van der Waals surface area (Å²) in [6.07, 6.45) is 0.0643. The first-order valence-corrected chi connectivity index (χ1v) is 8.26. The summed E-state index contributed by atoms with van der Waals surface area (Å²) in [5.74, 6) is 0.355. The minimum absolute atomic E-state index is 0.0643. The highest BCUT2D eigenvalue weighted by Crippen LogP contribution is 2.31. The van der Waals surface area contributed by atoms with Crippen molar-refractivity contribution < 1.29 is 14.3 Å². The fourth-order valence-corrected chi connectivity index (χ4v) is 2.71. The van der Waals surface area contributed by atoms with Gasteiger partial charge in [0.05, 0.1) is 18.7 Å². The number of methoxy groups -OCH3 is 1. The highest BCUT2D eigenvalue weighted by Gasteiger charge is 2.14. The van der Waals surface area contributed by atoms with Crippen LogP contribution >= 0.6 is 0 Å². The molecule has 5 heteroatoms. The molecule has 0 fully saturated rings. The number of carbonyl (C=O) groups excluding carboxylic acids is 1. The molecule has 0 aliphatic carbocycles. The Balaban J connectivity index is 1.97. The molecule has 0 aliphatic rings. The van der Waals surface area contributed by atoms with Crippen LogP contribution in [0.4, 0.5) is 5.69 Å². The molecule has 0 aliphatic heterocycles. The van der Waals surface area contributed by atoms with Crippen LogP contribution in [0.2, 0.25) is 0 Å². The highest BCUT2D eigenvalue weighted by atomic mass is 16.5. The molecular weight excluding hydrogens is 316 g/mol. The first kappa shape index (κ1) is 16.9. The number of esters is 1. The molecule has 1 aromatic heterocycles. The topological polar surface area (TPSA) is 63.4 Å².